The van der Waals surface area contributed by atoms with Gasteiger partial charge in [-0.2, -0.15) is 0 Å². The van der Waals surface area contributed by atoms with Crippen molar-refractivity contribution in [1.29, 1.82) is 0 Å². The van der Waals surface area contributed by atoms with Crippen molar-refractivity contribution in [2.24, 2.45) is 11.8 Å². The summed E-state index contributed by atoms with van der Waals surface area (Å²) >= 11 is 0. The van der Waals surface area contributed by atoms with E-state index in [1.165, 1.54) is 11.1 Å². The van der Waals surface area contributed by atoms with Crippen LogP contribution in [0.5, 0.6) is 0 Å². The van der Waals surface area contributed by atoms with Crippen molar-refractivity contribution < 1.29 is 0 Å². The molecule has 1 atom stereocenters. The zero-order valence-corrected chi connectivity index (χ0v) is 10.0. The van der Waals surface area contributed by atoms with Crippen LogP contribution in [0.1, 0.15) is 34.6 Å². The molecule has 0 amide bonds. The van der Waals surface area contributed by atoms with Crippen LogP contribution in [0.15, 0.2) is 23.3 Å². The van der Waals surface area contributed by atoms with Gasteiger partial charge in [-0.05, 0) is 25.7 Å². The van der Waals surface area contributed by atoms with Crippen molar-refractivity contribution in [2.75, 3.05) is 0 Å². The zero-order chi connectivity index (χ0) is 10.4. The Morgan fingerprint density at radius 1 is 1.31 bits per heavy atom. The molecule has 0 aliphatic heterocycles. The van der Waals surface area contributed by atoms with E-state index in [2.05, 4.69) is 54.6 Å². The average Bonchev–Trinajstić information content (AvgIpc) is 2.12. The molecule has 0 aromatic carbocycles. The van der Waals surface area contributed by atoms with Gasteiger partial charge in [-0.3, -0.25) is 0 Å². The second-order valence-corrected chi connectivity index (χ2v) is 4.12. The Bertz CT molecular complexity index is 199. The van der Waals surface area contributed by atoms with Gasteiger partial charge < -0.3 is 0 Å². The van der Waals surface area contributed by atoms with Crippen LogP contribution in [0.25, 0.3) is 0 Å². The molecule has 0 spiro atoms. The van der Waals surface area contributed by atoms with Crippen molar-refractivity contribution in [3.63, 3.8) is 0 Å². The SMILES string of the molecule is BCC(=C/[C@H](C)C(C)C)/C(C)=C\C. The van der Waals surface area contributed by atoms with Crippen molar-refractivity contribution in [3.05, 3.63) is 23.3 Å². The minimum atomic E-state index is 0.685. The lowest BCUT2D eigenvalue weighted by molar-refractivity contribution is 0.502. The quantitative estimate of drug-likeness (QED) is 0.458. The largest absolute Gasteiger partial charge is 0.107 e. The van der Waals surface area contributed by atoms with Crippen LogP contribution in [0.2, 0.25) is 6.32 Å². The lowest BCUT2D eigenvalue weighted by atomic mass is 9.87. The molecule has 13 heavy (non-hydrogen) atoms. The van der Waals surface area contributed by atoms with Crippen LogP contribution < -0.4 is 0 Å². The first-order valence-electron chi connectivity index (χ1n) is 5.36. The van der Waals surface area contributed by atoms with E-state index < -0.39 is 0 Å². The minimum Gasteiger partial charge on any atom is -0.0845 e. The molecule has 0 heterocycles. The monoisotopic (exact) mass is 178 g/mol. The molecule has 0 nitrogen and oxygen atoms in total. The predicted molar refractivity (Wildman–Crippen MR) is 64.9 cm³/mol. The van der Waals surface area contributed by atoms with Gasteiger partial charge >= 0.3 is 0 Å². The third-order valence-corrected chi connectivity index (χ3v) is 2.84. The molecule has 0 saturated heterocycles. The van der Waals surface area contributed by atoms with E-state index in [1.807, 2.05) is 0 Å². The first-order valence-corrected chi connectivity index (χ1v) is 5.36. The molecule has 0 radical (unpaired) electrons. The van der Waals surface area contributed by atoms with E-state index in [-0.39, 0.29) is 0 Å². The Morgan fingerprint density at radius 3 is 2.15 bits per heavy atom. The molecular formula is C12H23B. The maximum Gasteiger partial charge on any atom is 0.107 e. The summed E-state index contributed by atoms with van der Waals surface area (Å²) < 4.78 is 0. The third-order valence-electron chi connectivity index (χ3n) is 2.84. The van der Waals surface area contributed by atoms with E-state index in [9.17, 15) is 0 Å². The van der Waals surface area contributed by atoms with Crippen molar-refractivity contribution in [1.82, 2.24) is 0 Å². The van der Waals surface area contributed by atoms with Crippen molar-refractivity contribution >= 4 is 7.85 Å². The standard InChI is InChI=1S/C12H23B/c1-6-10(4)12(8-13)7-11(5)9(2)3/h6-7,9,11H,8,13H2,1-5H3/b10-6-,12-7-/t11-/m0/s1. The van der Waals surface area contributed by atoms with Crippen molar-refractivity contribution in [3.8, 4) is 0 Å². The fourth-order valence-electron chi connectivity index (χ4n) is 1.22. The van der Waals surface area contributed by atoms with Gasteiger partial charge in [0.15, 0.2) is 0 Å². The molecule has 0 fully saturated rings. The summed E-state index contributed by atoms with van der Waals surface area (Å²) in [6, 6.07) is 0. The summed E-state index contributed by atoms with van der Waals surface area (Å²) in [5, 5.41) is 0. The number of allylic oxidation sites excluding steroid dienone is 4. The first-order chi connectivity index (χ1) is 6.02. The van der Waals surface area contributed by atoms with E-state index in [0.29, 0.717) is 5.92 Å². The van der Waals surface area contributed by atoms with Crippen LogP contribution in [-0.2, 0) is 0 Å². The molecular weight excluding hydrogens is 155 g/mol. The normalized spacial score (nSPS) is 16.5. The van der Waals surface area contributed by atoms with Gasteiger partial charge in [0, 0.05) is 0 Å². The fraction of sp³-hybridized carbons (Fsp3) is 0.667. The van der Waals surface area contributed by atoms with E-state index in [0.717, 1.165) is 12.2 Å². The molecule has 0 rings (SSSR count). The Kier molecular flexibility index (Phi) is 5.86. The second-order valence-electron chi connectivity index (χ2n) is 4.12. The Balaban J connectivity index is 4.57. The Morgan fingerprint density at radius 2 is 1.85 bits per heavy atom. The molecule has 1 heteroatoms. The summed E-state index contributed by atoms with van der Waals surface area (Å²) in [6.07, 6.45) is 5.76. The van der Waals surface area contributed by atoms with E-state index >= 15 is 0 Å². The summed E-state index contributed by atoms with van der Waals surface area (Å²) in [5.74, 6) is 1.43. The molecule has 0 aromatic rings. The Hall–Kier alpha value is -0.455. The van der Waals surface area contributed by atoms with E-state index in [1.54, 1.807) is 0 Å². The van der Waals surface area contributed by atoms with Crippen LogP contribution in [0, 0.1) is 11.8 Å². The van der Waals surface area contributed by atoms with Gasteiger partial charge in [0.05, 0.1) is 0 Å². The lowest BCUT2D eigenvalue weighted by Crippen LogP contribution is -2.01. The van der Waals surface area contributed by atoms with Crippen LogP contribution in [0.4, 0.5) is 0 Å². The highest BCUT2D eigenvalue weighted by atomic mass is 14.1. The van der Waals surface area contributed by atoms with Crippen LogP contribution in [0.3, 0.4) is 0 Å². The Labute approximate surface area is 84.5 Å². The van der Waals surface area contributed by atoms with Gasteiger partial charge in [-0.15, -0.1) is 0 Å². The molecule has 0 aliphatic rings. The number of rotatable bonds is 4. The van der Waals surface area contributed by atoms with Gasteiger partial charge in [0.2, 0.25) is 0 Å². The van der Waals surface area contributed by atoms with Gasteiger partial charge in [0.25, 0.3) is 0 Å². The molecule has 0 bridgehead atoms. The van der Waals surface area contributed by atoms with Gasteiger partial charge in [-0.1, -0.05) is 50.4 Å². The molecule has 0 aliphatic carbocycles. The van der Waals surface area contributed by atoms with Crippen LogP contribution in [-0.4, -0.2) is 7.85 Å². The van der Waals surface area contributed by atoms with Crippen molar-refractivity contribution in [2.45, 2.75) is 40.9 Å². The zero-order valence-electron chi connectivity index (χ0n) is 10.0. The second kappa shape index (κ2) is 6.07. The lowest BCUT2D eigenvalue weighted by Gasteiger charge is -2.14. The smallest absolute Gasteiger partial charge is 0.0845 e. The molecule has 0 saturated carbocycles. The summed E-state index contributed by atoms with van der Waals surface area (Å²) in [4.78, 5) is 0. The average molecular weight is 178 g/mol. The number of hydrogen-bond donors (Lipinski definition) is 0. The van der Waals surface area contributed by atoms with Gasteiger partial charge in [-0.25, -0.2) is 0 Å². The maximum atomic E-state index is 2.42. The summed E-state index contributed by atoms with van der Waals surface area (Å²) in [6.45, 7) is 11.2. The van der Waals surface area contributed by atoms with Crippen LogP contribution >= 0.6 is 0 Å². The molecule has 0 aromatic heterocycles. The highest BCUT2D eigenvalue weighted by Gasteiger charge is 2.05. The minimum absolute atomic E-state index is 0.685. The summed E-state index contributed by atoms with van der Waals surface area (Å²) in [5.41, 5.74) is 2.93. The summed E-state index contributed by atoms with van der Waals surface area (Å²) in [7, 11) is 2.23. The van der Waals surface area contributed by atoms with Gasteiger partial charge in [0.1, 0.15) is 7.85 Å². The highest BCUT2D eigenvalue weighted by molar-refractivity contribution is 6.10. The maximum absolute atomic E-state index is 2.42. The topological polar surface area (TPSA) is 0 Å². The third kappa shape index (κ3) is 4.35. The molecule has 0 N–H and O–H groups in total. The first kappa shape index (κ1) is 12.5. The number of hydrogen-bond acceptors (Lipinski definition) is 0. The fourth-order valence-corrected chi connectivity index (χ4v) is 1.22. The molecule has 74 valence electrons. The van der Waals surface area contributed by atoms with E-state index in [4.69, 9.17) is 0 Å². The predicted octanol–water partition coefficient (Wildman–Crippen LogP) is 3.22. The molecule has 0 unspecified atom stereocenters. The highest BCUT2D eigenvalue weighted by Crippen LogP contribution is 2.19.